The van der Waals surface area contributed by atoms with Gasteiger partial charge < -0.3 is 5.11 Å². The Hall–Kier alpha value is -1.86. The molecule has 84 valence electrons. The van der Waals surface area contributed by atoms with Crippen molar-refractivity contribution >= 4 is 5.69 Å². The molecular formula is C12H13NO3. The molecule has 0 saturated carbocycles. The van der Waals surface area contributed by atoms with Gasteiger partial charge in [0.15, 0.2) is 0 Å². The molecule has 0 radical (unpaired) electrons. The number of aliphatic hydroxyl groups is 1. The first-order chi connectivity index (χ1) is 7.74. The first-order valence-corrected chi connectivity index (χ1v) is 5.08. The first-order valence-electron chi connectivity index (χ1n) is 5.08. The Morgan fingerprint density at radius 2 is 1.94 bits per heavy atom. The number of nitro benzene ring substituents is 1. The summed E-state index contributed by atoms with van der Waals surface area (Å²) in [5.41, 5.74) is 0.848. The minimum atomic E-state index is -0.432. The molecule has 1 N–H and O–H groups in total. The van der Waals surface area contributed by atoms with Gasteiger partial charge in [-0.15, -0.1) is 0 Å². The van der Waals surface area contributed by atoms with E-state index in [4.69, 9.17) is 5.11 Å². The summed E-state index contributed by atoms with van der Waals surface area (Å²) in [6.07, 6.45) is 2.36. The lowest BCUT2D eigenvalue weighted by Crippen LogP contribution is -1.86. The molecule has 0 spiro atoms. The maximum atomic E-state index is 10.4. The van der Waals surface area contributed by atoms with Crippen molar-refractivity contribution in [2.45, 2.75) is 19.3 Å². The number of nitro groups is 1. The summed E-state index contributed by atoms with van der Waals surface area (Å²) in [5, 5.41) is 18.9. The zero-order chi connectivity index (χ0) is 11.8. The van der Waals surface area contributed by atoms with Crippen LogP contribution in [0.4, 0.5) is 5.69 Å². The SMILES string of the molecule is O=[N+]([O-])c1ccc(C#CCCCCO)cc1. The minimum absolute atomic E-state index is 0.0748. The topological polar surface area (TPSA) is 63.4 Å². The lowest BCUT2D eigenvalue weighted by molar-refractivity contribution is -0.384. The number of non-ortho nitro benzene ring substituents is 1. The number of aliphatic hydroxyl groups excluding tert-OH is 1. The molecule has 0 saturated heterocycles. The monoisotopic (exact) mass is 219 g/mol. The molecule has 0 bridgehead atoms. The summed E-state index contributed by atoms with van der Waals surface area (Å²) in [6, 6.07) is 6.16. The van der Waals surface area contributed by atoms with Gasteiger partial charge in [-0.1, -0.05) is 11.8 Å². The smallest absolute Gasteiger partial charge is 0.269 e. The molecule has 0 aliphatic carbocycles. The van der Waals surface area contributed by atoms with Crippen LogP contribution in [0.25, 0.3) is 0 Å². The average molecular weight is 219 g/mol. The second kappa shape index (κ2) is 6.59. The van der Waals surface area contributed by atoms with E-state index in [1.807, 2.05) is 0 Å². The van der Waals surface area contributed by atoms with Gasteiger partial charge in [-0.2, -0.15) is 0 Å². The van der Waals surface area contributed by atoms with Crippen LogP contribution < -0.4 is 0 Å². The normalized spacial score (nSPS) is 9.31. The number of hydrogen-bond acceptors (Lipinski definition) is 3. The van der Waals surface area contributed by atoms with Gasteiger partial charge in [-0.25, -0.2) is 0 Å². The predicted molar refractivity (Wildman–Crippen MR) is 60.9 cm³/mol. The molecule has 0 aliphatic rings. The zero-order valence-electron chi connectivity index (χ0n) is 8.85. The lowest BCUT2D eigenvalue weighted by Gasteiger charge is -1.91. The largest absolute Gasteiger partial charge is 0.396 e. The molecule has 0 aliphatic heterocycles. The van der Waals surface area contributed by atoms with E-state index in [1.165, 1.54) is 12.1 Å². The van der Waals surface area contributed by atoms with Crippen molar-refractivity contribution in [3.8, 4) is 11.8 Å². The molecule has 0 unspecified atom stereocenters. The molecule has 0 amide bonds. The highest BCUT2D eigenvalue weighted by Gasteiger charge is 2.01. The molecule has 4 heteroatoms. The van der Waals surface area contributed by atoms with Gasteiger partial charge in [-0.05, 0) is 25.0 Å². The number of nitrogens with zero attached hydrogens (tertiary/aromatic N) is 1. The van der Waals surface area contributed by atoms with E-state index in [0.29, 0.717) is 0 Å². The van der Waals surface area contributed by atoms with Gasteiger partial charge in [0.1, 0.15) is 0 Å². The fourth-order valence-corrected chi connectivity index (χ4v) is 1.16. The first kappa shape index (κ1) is 12.2. The Labute approximate surface area is 94.1 Å². The third-order valence-electron chi connectivity index (χ3n) is 2.02. The highest BCUT2D eigenvalue weighted by molar-refractivity contribution is 5.40. The predicted octanol–water partition coefficient (Wildman–Crippen LogP) is 2.11. The third kappa shape index (κ3) is 4.11. The van der Waals surface area contributed by atoms with E-state index in [-0.39, 0.29) is 12.3 Å². The van der Waals surface area contributed by atoms with Crippen LogP contribution >= 0.6 is 0 Å². The second-order valence-corrected chi connectivity index (χ2v) is 3.29. The lowest BCUT2D eigenvalue weighted by atomic mass is 10.2. The van der Waals surface area contributed by atoms with Crippen molar-refractivity contribution in [1.82, 2.24) is 0 Å². The summed E-state index contributed by atoms with van der Waals surface area (Å²) in [5.74, 6) is 5.87. The number of rotatable bonds is 4. The van der Waals surface area contributed by atoms with Crippen molar-refractivity contribution in [3.05, 3.63) is 39.9 Å². The standard InChI is InChI=1S/C12H13NO3/c14-10-4-2-1-3-5-11-6-8-12(9-7-11)13(15)16/h6-9,14H,1-2,4,10H2. The number of benzene rings is 1. The van der Waals surface area contributed by atoms with E-state index < -0.39 is 4.92 Å². The molecule has 0 fully saturated rings. The van der Waals surface area contributed by atoms with Gasteiger partial charge in [0.05, 0.1) is 4.92 Å². The molecule has 16 heavy (non-hydrogen) atoms. The highest BCUT2D eigenvalue weighted by Crippen LogP contribution is 2.10. The summed E-state index contributed by atoms with van der Waals surface area (Å²) in [7, 11) is 0. The molecule has 4 nitrogen and oxygen atoms in total. The Bertz CT molecular complexity index is 401. The van der Waals surface area contributed by atoms with Crippen LogP contribution in [-0.4, -0.2) is 16.6 Å². The fourth-order valence-electron chi connectivity index (χ4n) is 1.16. The highest BCUT2D eigenvalue weighted by atomic mass is 16.6. The Kier molecular flexibility index (Phi) is 5.03. The summed E-state index contributed by atoms with van der Waals surface area (Å²) >= 11 is 0. The summed E-state index contributed by atoms with van der Waals surface area (Å²) in [6.45, 7) is 0.194. The van der Waals surface area contributed by atoms with Crippen molar-refractivity contribution in [2.24, 2.45) is 0 Å². The van der Waals surface area contributed by atoms with Crippen LogP contribution in [0.3, 0.4) is 0 Å². The Balaban J connectivity index is 2.51. The molecule has 0 heterocycles. The Morgan fingerprint density at radius 1 is 1.25 bits per heavy atom. The third-order valence-corrected chi connectivity index (χ3v) is 2.02. The quantitative estimate of drug-likeness (QED) is 0.365. The van der Waals surface area contributed by atoms with Crippen molar-refractivity contribution in [2.75, 3.05) is 6.61 Å². The van der Waals surface area contributed by atoms with E-state index >= 15 is 0 Å². The molecule has 0 aromatic heterocycles. The summed E-state index contributed by atoms with van der Waals surface area (Å²) < 4.78 is 0. The molecule has 1 rings (SSSR count). The van der Waals surface area contributed by atoms with E-state index in [0.717, 1.165) is 24.8 Å². The van der Waals surface area contributed by atoms with Gasteiger partial charge in [0.25, 0.3) is 5.69 Å². The van der Waals surface area contributed by atoms with E-state index in [2.05, 4.69) is 11.8 Å². The van der Waals surface area contributed by atoms with Crippen LogP contribution in [0, 0.1) is 22.0 Å². The van der Waals surface area contributed by atoms with Crippen molar-refractivity contribution in [1.29, 1.82) is 0 Å². The summed E-state index contributed by atoms with van der Waals surface area (Å²) in [4.78, 5) is 9.96. The van der Waals surface area contributed by atoms with Gasteiger partial charge in [-0.3, -0.25) is 10.1 Å². The van der Waals surface area contributed by atoms with Crippen LogP contribution in [0.15, 0.2) is 24.3 Å². The van der Waals surface area contributed by atoms with Crippen molar-refractivity contribution < 1.29 is 10.0 Å². The van der Waals surface area contributed by atoms with Gasteiger partial charge >= 0.3 is 0 Å². The molecule has 1 aromatic carbocycles. The van der Waals surface area contributed by atoms with Crippen LogP contribution in [-0.2, 0) is 0 Å². The molecular weight excluding hydrogens is 206 g/mol. The number of hydrogen-bond donors (Lipinski definition) is 1. The molecule has 0 atom stereocenters. The van der Waals surface area contributed by atoms with E-state index in [1.54, 1.807) is 12.1 Å². The zero-order valence-corrected chi connectivity index (χ0v) is 8.85. The molecule has 1 aromatic rings. The van der Waals surface area contributed by atoms with Crippen molar-refractivity contribution in [3.63, 3.8) is 0 Å². The van der Waals surface area contributed by atoms with E-state index in [9.17, 15) is 10.1 Å². The maximum absolute atomic E-state index is 10.4. The van der Waals surface area contributed by atoms with Gasteiger partial charge in [0.2, 0.25) is 0 Å². The minimum Gasteiger partial charge on any atom is -0.396 e. The second-order valence-electron chi connectivity index (χ2n) is 3.29. The van der Waals surface area contributed by atoms with Gasteiger partial charge in [0, 0.05) is 30.7 Å². The number of unbranched alkanes of at least 4 members (excludes halogenated alkanes) is 2. The van der Waals surface area contributed by atoms with Crippen LogP contribution in [0.2, 0.25) is 0 Å². The fraction of sp³-hybridized carbons (Fsp3) is 0.333. The maximum Gasteiger partial charge on any atom is 0.269 e. The van der Waals surface area contributed by atoms with Crippen LogP contribution in [0.5, 0.6) is 0 Å². The van der Waals surface area contributed by atoms with Crippen LogP contribution in [0.1, 0.15) is 24.8 Å². The average Bonchev–Trinajstić information content (AvgIpc) is 2.29. The Morgan fingerprint density at radius 3 is 2.50 bits per heavy atom.